The Labute approximate surface area is 86.4 Å². The SMILES string of the molecule is C[S+]1CCN(C(=O)c2ccco2)CC1. The highest BCUT2D eigenvalue weighted by atomic mass is 32.2. The summed E-state index contributed by atoms with van der Waals surface area (Å²) in [5.74, 6) is 2.76. The molecule has 14 heavy (non-hydrogen) atoms. The van der Waals surface area contributed by atoms with E-state index in [0.717, 1.165) is 24.6 Å². The fourth-order valence-electron chi connectivity index (χ4n) is 1.51. The van der Waals surface area contributed by atoms with E-state index in [2.05, 4.69) is 6.26 Å². The molecule has 2 rings (SSSR count). The third kappa shape index (κ3) is 1.95. The van der Waals surface area contributed by atoms with Crippen molar-refractivity contribution in [1.29, 1.82) is 0 Å². The summed E-state index contributed by atoms with van der Waals surface area (Å²) in [6, 6.07) is 3.48. The third-order valence-electron chi connectivity index (χ3n) is 2.44. The van der Waals surface area contributed by atoms with Crippen LogP contribution in [0.4, 0.5) is 0 Å². The first-order chi connectivity index (χ1) is 6.77. The molecule has 1 aromatic rings. The van der Waals surface area contributed by atoms with Gasteiger partial charge in [0.2, 0.25) is 0 Å². The molecule has 76 valence electrons. The van der Waals surface area contributed by atoms with Gasteiger partial charge in [-0.05, 0) is 23.0 Å². The van der Waals surface area contributed by atoms with E-state index in [-0.39, 0.29) is 5.91 Å². The van der Waals surface area contributed by atoms with Gasteiger partial charge in [0, 0.05) is 0 Å². The summed E-state index contributed by atoms with van der Waals surface area (Å²) in [6.07, 6.45) is 3.80. The zero-order valence-electron chi connectivity index (χ0n) is 8.23. The number of furan rings is 1. The fraction of sp³-hybridized carbons (Fsp3) is 0.500. The maximum atomic E-state index is 11.8. The molecule has 1 aliphatic rings. The van der Waals surface area contributed by atoms with Crippen LogP contribution in [0, 0.1) is 0 Å². The first-order valence-corrected chi connectivity index (χ1v) is 6.66. The van der Waals surface area contributed by atoms with E-state index in [1.807, 2.05) is 4.90 Å². The molecule has 0 aromatic carbocycles. The van der Waals surface area contributed by atoms with E-state index in [0.29, 0.717) is 16.7 Å². The Bertz CT molecular complexity index is 302. The van der Waals surface area contributed by atoms with Crippen molar-refractivity contribution in [3.63, 3.8) is 0 Å². The van der Waals surface area contributed by atoms with Crippen LogP contribution in [0.1, 0.15) is 10.6 Å². The lowest BCUT2D eigenvalue weighted by Crippen LogP contribution is -2.43. The van der Waals surface area contributed by atoms with E-state index in [4.69, 9.17) is 4.42 Å². The number of rotatable bonds is 1. The molecule has 0 spiro atoms. The molecule has 1 fully saturated rings. The average molecular weight is 212 g/mol. The van der Waals surface area contributed by atoms with Crippen LogP contribution in [0.15, 0.2) is 22.8 Å². The standard InChI is InChI=1S/C10H14NO2S/c1-14-7-4-11(5-8-14)10(12)9-3-2-6-13-9/h2-3,6H,4-5,7-8H2,1H3/q+1. The van der Waals surface area contributed by atoms with Gasteiger partial charge in [0.05, 0.1) is 25.6 Å². The Morgan fingerprint density at radius 2 is 2.21 bits per heavy atom. The molecule has 0 N–H and O–H groups in total. The maximum absolute atomic E-state index is 11.8. The predicted octanol–water partition coefficient (Wildman–Crippen LogP) is 0.984. The molecule has 0 aliphatic carbocycles. The van der Waals surface area contributed by atoms with Crippen molar-refractivity contribution < 1.29 is 9.21 Å². The highest BCUT2D eigenvalue weighted by Gasteiger charge is 2.27. The normalized spacial score (nSPS) is 18.5. The summed E-state index contributed by atoms with van der Waals surface area (Å²) >= 11 is 0. The van der Waals surface area contributed by atoms with Gasteiger partial charge in [0.25, 0.3) is 5.91 Å². The van der Waals surface area contributed by atoms with E-state index in [1.54, 1.807) is 18.4 Å². The summed E-state index contributed by atoms with van der Waals surface area (Å²) < 4.78 is 5.09. The Morgan fingerprint density at radius 1 is 1.50 bits per heavy atom. The molecule has 3 nitrogen and oxygen atoms in total. The van der Waals surface area contributed by atoms with Crippen molar-refractivity contribution in [3.05, 3.63) is 24.2 Å². The Morgan fingerprint density at radius 3 is 2.79 bits per heavy atom. The van der Waals surface area contributed by atoms with Crippen molar-refractivity contribution in [1.82, 2.24) is 4.90 Å². The van der Waals surface area contributed by atoms with Gasteiger partial charge in [0.1, 0.15) is 11.5 Å². The fourth-order valence-corrected chi connectivity index (χ4v) is 2.77. The predicted molar refractivity (Wildman–Crippen MR) is 57.6 cm³/mol. The topological polar surface area (TPSA) is 33.5 Å². The van der Waals surface area contributed by atoms with E-state index in [9.17, 15) is 4.79 Å². The van der Waals surface area contributed by atoms with E-state index in [1.165, 1.54) is 0 Å². The number of hydrogen-bond acceptors (Lipinski definition) is 2. The van der Waals surface area contributed by atoms with Gasteiger partial charge in [-0.1, -0.05) is 0 Å². The lowest BCUT2D eigenvalue weighted by Gasteiger charge is -2.24. The van der Waals surface area contributed by atoms with Crippen molar-refractivity contribution in [2.75, 3.05) is 30.9 Å². The molecule has 4 heteroatoms. The van der Waals surface area contributed by atoms with E-state index < -0.39 is 0 Å². The average Bonchev–Trinajstić information content (AvgIpc) is 2.71. The van der Waals surface area contributed by atoms with Gasteiger partial charge < -0.3 is 9.32 Å². The molecular weight excluding hydrogens is 198 g/mol. The van der Waals surface area contributed by atoms with Gasteiger partial charge >= 0.3 is 0 Å². The zero-order chi connectivity index (χ0) is 9.97. The molecule has 0 bridgehead atoms. The molecule has 1 saturated heterocycles. The lowest BCUT2D eigenvalue weighted by molar-refractivity contribution is 0.0740. The first-order valence-electron chi connectivity index (χ1n) is 4.69. The van der Waals surface area contributed by atoms with Crippen LogP contribution in [-0.2, 0) is 10.9 Å². The minimum absolute atomic E-state index is 0.0340. The number of carbonyl (C=O) groups excluding carboxylic acids is 1. The second kappa shape index (κ2) is 4.09. The van der Waals surface area contributed by atoms with Crippen molar-refractivity contribution in [2.24, 2.45) is 0 Å². The molecular formula is C10H14NO2S+. The summed E-state index contributed by atoms with van der Waals surface area (Å²) in [4.78, 5) is 13.7. The van der Waals surface area contributed by atoms with Crippen LogP contribution in [-0.4, -0.2) is 41.7 Å². The Kier molecular flexibility index (Phi) is 2.82. The molecule has 1 aliphatic heterocycles. The van der Waals surface area contributed by atoms with Crippen molar-refractivity contribution >= 4 is 16.8 Å². The molecule has 2 heterocycles. The van der Waals surface area contributed by atoms with Crippen LogP contribution in [0.2, 0.25) is 0 Å². The van der Waals surface area contributed by atoms with Crippen molar-refractivity contribution in [3.8, 4) is 0 Å². The van der Waals surface area contributed by atoms with Crippen LogP contribution < -0.4 is 0 Å². The quantitative estimate of drug-likeness (QED) is 0.650. The van der Waals surface area contributed by atoms with Gasteiger partial charge in [-0.2, -0.15) is 0 Å². The van der Waals surface area contributed by atoms with Crippen LogP contribution in [0.5, 0.6) is 0 Å². The molecule has 1 aromatic heterocycles. The van der Waals surface area contributed by atoms with Gasteiger partial charge in [0.15, 0.2) is 5.76 Å². The van der Waals surface area contributed by atoms with E-state index >= 15 is 0 Å². The van der Waals surface area contributed by atoms with Crippen LogP contribution in [0.25, 0.3) is 0 Å². The molecule has 0 unspecified atom stereocenters. The van der Waals surface area contributed by atoms with Crippen LogP contribution in [0.3, 0.4) is 0 Å². The van der Waals surface area contributed by atoms with Gasteiger partial charge in [-0.15, -0.1) is 0 Å². The number of amides is 1. The first kappa shape index (κ1) is 9.65. The number of carbonyl (C=O) groups is 1. The third-order valence-corrected chi connectivity index (χ3v) is 4.20. The van der Waals surface area contributed by atoms with Gasteiger partial charge in [-0.25, -0.2) is 0 Å². The highest BCUT2D eigenvalue weighted by Crippen LogP contribution is 2.10. The minimum atomic E-state index is 0.0340. The van der Waals surface area contributed by atoms with Gasteiger partial charge in [-0.3, -0.25) is 4.79 Å². The summed E-state index contributed by atoms with van der Waals surface area (Å²) in [7, 11) is 0.501. The second-order valence-corrected chi connectivity index (χ2v) is 5.84. The molecule has 0 radical (unpaired) electrons. The lowest BCUT2D eigenvalue weighted by atomic mass is 10.3. The van der Waals surface area contributed by atoms with Crippen molar-refractivity contribution in [2.45, 2.75) is 0 Å². The summed E-state index contributed by atoms with van der Waals surface area (Å²) in [6.45, 7) is 1.75. The Hall–Kier alpha value is -0.900. The molecule has 0 saturated carbocycles. The zero-order valence-corrected chi connectivity index (χ0v) is 9.05. The second-order valence-electron chi connectivity index (χ2n) is 3.46. The smallest absolute Gasteiger partial charge is 0.289 e. The highest BCUT2D eigenvalue weighted by molar-refractivity contribution is 7.96. The monoisotopic (exact) mass is 212 g/mol. The van der Waals surface area contributed by atoms with Crippen LogP contribution >= 0.6 is 0 Å². The number of nitrogens with zero attached hydrogens (tertiary/aromatic N) is 1. The maximum Gasteiger partial charge on any atom is 0.289 e. The molecule has 0 atom stereocenters. The minimum Gasteiger partial charge on any atom is -0.459 e. The molecule has 1 amide bonds. The summed E-state index contributed by atoms with van der Waals surface area (Å²) in [5, 5.41) is 0. The number of hydrogen-bond donors (Lipinski definition) is 0. The largest absolute Gasteiger partial charge is 0.459 e. The summed E-state index contributed by atoms with van der Waals surface area (Å²) in [5.41, 5.74) is 0. The Balaban J connectivity index is 1.99.